The molecule has 1 aliphatic heterocycles. The van der Waals surface area contributed by atoms with E-state index in [0.717, 1.165) is 0 Å². The fourth-order valence-electron chi connectivity index (χ4n) is 1.73. The van der Waals surface area contributed by atoms with Crippen molar-refractivity contribution in [1.82, 2.24) is 0 Å². The first-order valence-corrected chi connectivity index (χ1v) is 5.35. The number of hydrogen-bond donors (Lipinski definition) is 1. The van der Waals surface area contributed by atoms with Crippen LogP contribution in [0.1, 0.15) is 28.9 Å². The molecule has 0 amide bonds. The minimum atomic E-state index is -0.274. The molecule has 1 atom stereocenters. The van der Waals surface area contributed by atoms with Crippen LogP contribution in [0.4, 0.5) is 0 Å². The third-order valence-electron chi connectivity index (χ3n) is 2.41. The number of fused-ring (bicyclic) bond motifs is 1. The van der Waals surface area contributed by atoms with Gasteiger partial charge in [-0.05, 0) is 13.0 Å². The van der Waals surface area contributed by atoms with Gasteiger partial charge in [0.05, 0.1) is 10.6 Å². The monoisotopic (exact) mass is 241 g/mol. The van der Waals surface area contributed by atoms with E-state index in [1.54, 1.807) is 13.0 Å². The van der Waals surface area contributed by atoms with E-state index in [1.807, 2.05) is 0 Å². The number of ether oxygens (including phenoxy) is 2. The molecular weight excluding hydrogens is 230 g/mol. The Balaban J connectivity index is 2.67. The largest absolute Gasteiger partial charge is 0.486 e. The van der Waals surface area contributed by atoms with Crippen LogP contribution in [0.5, 0.6) is 11.5 Å². The zero-order chi connectivity index (χ0) is 11.7. The standard InChI is InChI=1S/C11H12ClNO3/c1-6(13)9-8(12)4-7(5-14)10-11(9)16-3-2-15-10/h4-6H,2-3,13H2,1H3. The maximum absolute atomic E-state index is 10.9. The van der Waals surface area contributed by atoms with Gasteiger partial charge in [-0.2, -0.15) is 0 Å². The van der Waals surface area contributed by atoms with E-state index in [1.165, 1.54) is 0 Å². The lowest BCUT2D eigenvalue weighted by atomic mass is 10.0. The van der Waals surface area contributed by atoms with Gasteiger partial charge in [-0.3, -0.25) is 4.79 Å². The minimum Gasteiger partial charge on any atom is -0.486 e. The Morgan fingerprint density at radius 1 is 1.44 bits per heavy atom. The molecule has 1 heterocycles. The van der Waals surface area contributed by atoms with Crippen LogP contribution in [0.2, 0.25) is 5.02 Å². The fourth-order valence-corrected chi connectivity index (χ4v) is 2.11. The number of carbonyl (C=O) groups is 1. The summed E-state index contributed by atoms with van der Waals surface area (Å²) >= 11 is 6.07. The molecule has 5 heteroatoms. The van der Waals surface area contributed by atoms with Gasteiger partial charge in [0.25, 0.3) is 0 Å². The highest BCUT2D eigenvalue weighted by atomic mass is 35.5. The lowest BCUT2D eigenvalue weighted by Crippen LogP contribution is -2.20. The summed E-state index contributed by atoms with van der Waals surface area (Å²) in [6, 6.07) is 1.28. The first kappa shape index (κ1) is 11.2. The topological polar surface area (TPSA) is 61.6 Å². The molecule has 0 saturated carbocycles. The van der Waals surface area contributed by atoms with Crippen LogP contribution in [-0.4, -0.2) is 19.5 Å². The number of carbonyl (C=O) groups excluding carboxylic acids is 1. The molecule has 1 aromatic carbocycles. The van der Waals surface area contributed by atoms with E-state index in [0.29, 0.717) is 47.1 Å². The van der Waals surface area contributed by atoms with Crippen LogP contribution in [0.3, 0.4) is 0 Å². The Kier molecular flexibility index (Phi) is 3.03. The predicted octanol–water partition coefficient (Wildman–Crippen LogP) is 1.94. The van der Waals surface area contributed by atoms with Gasteiger partial charge in [0, 0.05) is 11.6 Å². The van der Waals surface area contributed by atoms with Crippen molar-refractivity contribution in [3.63, 3.8) is 0 Å². The normalized spacial score (nSPS) is 15.7. The molecule has 0 bridgehead atoms. The van der Waals surface area contributed by atoms with Gasteiger partial charge in [-0.25, -0.2) is 0 Å². The zero-order valence-corrected chi connectivity index (χ0v) is 9.58. The second kappa shape index (κ2) is 4.31. The molecule has 0 saturated heterocycles. The first-order chi connectivity index (χ1) is 7.65. The molecular formula is C11H12ClNO3. The van der Waals surface area contributed by atoms with Gasteiger partial charge in [-0.1, -0.05) is 11.6 Å². The summed E-state index contributed by atoms with van der Waals surface area (Å²) in [4.78, 5) is 10.9. The van der Waals surface area contributed by atoms with E-state index in [9.17, 15) is 4.79 Å². The highest BCUT2D eigenvalue weighted by Gasteiger charge is 2.24. The van der Waals surface area contributed by atoms with Crippen molar-refractivity contribution in [3.05, 3.63) is 22.2 Å². The number of benzene rings is 1. The zero-order valence-electron chi connectivity index (χ0n) is 8.83. The van der Waals surface area contributed by atoms with Crippen molar-refractivity contribution in [2.45, 2.75) is 13.0 Å². The lowest BCUT2D eigenvalue weighted by molar-refractivity contribution is 0.111. The molecule has 0 aliphatic carbocycles. The maximum atomic E-state index is 10.9. The van der Waals surface area contributed by atoms with Gasteiger partial charge in [-0.15, -0.1) is 0 Å². The third kappa shape index (κ3) is 1.74. The summed E-state index contributed by atoms with van der Waals surface area (Å²) in [6.07, 6.45) is 0.699. The smallest absolute Gasteiger partial charge is 0.172 e. The molecule has 16 heavy (non-hydrogen) atoms. The van der Waals surface area contributed by atoms with E-state index in [4.69, 9.17) is 26.8 Å². The average Bonchev–Trinajstić information content (AvgIpc) is 2.27. The maximum Gasteiger partial charge on any atom is 0.172 e. The highest BCUT2D eigenvalue weighted by Crippen LogP contribution is 2.42. The summed E-state index contributed by atoms with van der Waals surface area (Å²) in [5, 5.41) is 0.432. The van der Waals surface area contributed by atoms with Crippen molar-refractivity contribution >= 4 is 17.9 Å². The van der Waals surface area contributed by atoms with Crippen molar-refractivity contribution < 1.29 is 14.3 Å². The molecule has 86 valence electrons. The molecule has 4 nitrogen and oxygen atoms in total. The van der Waals surface area contributed by atoms with Crippen LogP contribution < -0.4 is 15.2 Å². The quantitative estimate of drug-likeness (QED) is 0.804. The molecule has 2 rings (SSSR count). The Morgan fingerprint density at radius 3 is 2.62 bits per heavy atom. The first-order valence-electron chi connectivity index (χ1n) is 4.98. The van der Waals surface area contributed by atoms with Crippen molar-refractivity contribution in [2.75, 3.05) is 13.2 Å². The van der Waals surface area contributed by atoms with Gasteiger partial charge in [0.15, 0.2) is 17.8 Å². The second-order valence-electron chi connectivity index (χ2n) is 3.62. The summed E-state index contributed by atoms with van der Waals surface area (Å²) in [7, 11) is 0. The van der Waals surface area contributed by atoms with Crippen molar-refractivity contribution in [1.29, 1.82) is 0 Å². The lowest BCUT2D eigenvalue weighted by Gasteiger charge is -2.24. The summed E-state index contributed by atoms with van der Waals surface area (Å²) < 4.78 is 10.9. The minimum absolute atomic E-state index is 0.274. The number of hydrogen-bond acceptors (Lipinski definition) is 4. The number of nitrogens with two attached hydrogens (primary N) is 1. The molecule has 0 radical (unpaired) electrons. The van der Waals surface area contributed by atoms with Crippen LogP contribution in [0.15, 0.2) is 6.07 Å². The molecule has 0 spiro atoms. The summed E-state index contributed by atoms with van der Waals surface area (Å²) in [5.41, 5.74) is 6.90. The number of aldehydes is 1. The highest BCUT2D eigenvalue weighted by molar-refractivity contribution is 6.32. The van der Waals surface area contributed by atoms with Gasteiger partial charge in [0.2, 0.25) is 0 Å². The SMILES string of the molecule is CC(N)c1c(Cl)cc(C=O)c2c1OCCO2. The van der Waals surface area contributed by atoms with Gasteiger partial charge >= 0.3 is 0 Å². The Bertz CT molecular complexity index is 432. The van der Waals surface area contributed by atoms with E-state index in [-0.39, 0.29) is 6.04 Å². The Hall–Kier alpha value is -1.26. The van der Waals surface area contributed by atoms with Gasteiger partial charge < -0.3 is 15.2 Å². The van der Waals surface area contributed by atoms with E-state index >= 15 is 0 Å². The van der Waals surface area contributed by atoms with Gasteiger partial charge in [0.1, 0.15) is 13.2 Å². The summed E-state index contributed by atoms with van der Waals surface area (Å²) in [6.45, 7) is 2.67. The molecule has 1 unspecified atom stereocenters. The van der Waals surface area contributed by atoms with Crippen LogP contribution >= 0.6 is 11.6 Å². The molecule has 1 aliphatic rings. The van der Waals surface area contributed by atoms with Crippen molar-refractivity contribution in [3.8, 4) is 11.5 Å². The Labute approximate surface area is 98.3 Å². The third-order valence-corrected chi connectivity index (χ3v) is 2.72. The van der Waals surface area contributed by atoms with Crippen LogP contribution in [0, 0.1) is 0 Å². The molecule has 0 aromatic heterocycles. The van der Waals surface area contributed by atoms with E-state index < -0.39 is 0 Å². The summed E-state index contributed by atoms with van der Waals surface area (Å²) in [5.74, 6) is 0.939. The van der Waals surface area contributed by atoms with Crippen LogP contribution in [0.25, 0.3) is 0 Å². The Morgan fingerprint density at radius 2 is 2.06 bits per heavy atom. The number of rotatable bonds is 2. The van der Waals surface area contributed by atoms with E-state index in [2.05, 4.69) is 0 Å². The van der Waals surface area contributed by atoms with Crippen LogP contribution in [-0.2, 0) is 0 Å². The number of halogens is 1. The molecule has 2 N–H and O–H groups in total. The second-order valence-corrected chi connectivity index (χ2v) is 4.03. The predicted molar refractivity (Wildman–Crippen MR) is 60.4 cm³/mol. The molecule has 0 fully saturated rings. The van der Waals surface area contributed by atoms with Crippen molar-refractivity contribution in [2.24, 2.45) is 5.73 Å². The average molecular weight is 242 g/mol. The fraction of sp³-hybridized carbons (Fsp3) is 0.364. The molecule has 1 aromatic rings.